The van der Waals surface area contributed by atoms with E-state index in [0.29, 0.717) is 24.9 Å². The van der Waals surface area contributed by atoms with Crippen molar-refractivity contribution in [3.05, 3.63) is 59.7 Å². The molecule has 6 atom stereocenters. The molecule has 0 aliphatic carbocycles. The summed E-state index contributed by atoms with van der Waals surface area (Å²) in [5.74, 6) is -7.29. The SMILES string of the molecule is CCCCc1ccc(-c2ccc(C(=O)NCCC(=O)N[C@@H](CCCCN)C(=O)N[C@H](C(=O)N[C@@H](N)C(=O)N[C@@H](CC(N)=O)C(=O)N[C@H](C)B(O)O)C(C)O)cc2)cc1. The maximum Gasteiger partial charge on any atom is 0.475 e. The molecule has 20 heteroatoms. The van der Waals surface area contributed by atoms with Crippen LogP contribution >= 0.6 is 0 Å². The standard InChI is InChI=1S/C38H58BN9O10/c1-4-5-8-24-10-12-25(13-11-24)26-14-16-27(17-15-26)34(52)43-20-18-31(51)45-28(9-6-7-19-40)35(53)47-32(22(2)49)37(55)48-33(42)38(56)46-29(21-30(41)50)36(54)44-23(3)39(57)58/h10-17,22-23,28-29,32-33,49,57-58H,4-9,18-21,40,42H2,1-3H3,(H2,41,50)(H,43,52)(H,44,54)(H,45,51)(H,46,56)(H,47,53)(H,48,55)/t22?,23-,28+,29+,32+,33-/m1/s1. The molecule has 2 aromatic rings. The zero-order valence-corrected chi connectivity index (χ0v) is 33.2. The van der Waals surface area contributed by atoms with Gasteiger partial charge in [0.15, 0.2) is 6.17 Å². The van der Waals surface area contributed by atoms with Crippen molar-refractivity contribution in [2.45, 2.75) is 108 Å². The van der Waals surface area contributed by atoms with Gasteiger partial charge in [-0.25, -0.2) is 0 Å². The quantitative estimate of drug-likeness (QED) is 0.0283. The topological polar surface area (TPSA) is 330 Å². The van der Waals surface area contributed by atoms with Gasteiger partial charge in [-0.3, -0.25) is 33.6 Å². The van der Waals surface area contributed by atoms with Gasteiger partial charge in [-0.05, 0) is 81.3 Å². The van der Waals surface area contributed by atoms with Crippen molar-refractivity contribution < 1.29 is 48.7 Å². The van der Waals surface area contributed by atoms with Crippen molar-refractivity contribution in [2.24, 2.45) is 17.2 Å². The second kappa shape index (κ2) is 25.1. The first-order chi connectivity index (χ1) is 27.5. The van der Waals surface area contributed by atoms with Gasteiger partial charge in [0.2, 0.25) is 29.5 Å². The Hall–Kier alpha value is -5.41. The number of hydrogen-bond donors (Lipinski definition) is 12. The summed E-state index contributed by atoms with van der Waals surface area (Å²) in [6, 6.07) is 10.9. The summed E-state index contributed by atoms with van der Waals surface area (Å²) >= 11 is 0. The molecule has 19 nitrogen and oxygen atoms in total. The lowest BCUT2D eigenvalue weighted by Gasteiger charge is -2.26. The number of carbonyl (C=O) groups is 7. The van der Waals surface area contributed by atoms with E-state index in [4.69, 9.17) is 17.2 Å². The van der Waals surface area contributed by atoms with E-state index in [9.17, 15) is 48.7 Å². The fourth-order valence-corrected chi connectivity index (χ4v) is 5.52. The molecular weight excluding hydrogens is 753 g/mol. The highest BCUT2D eigenvalue weighted by Crippen LogP contribution is 2.21. The lowest BCUT2D eigenvalue weighted by atomic mass is 9.81. The Morgan fingerprint density at radius 1 is 0.741 bits per heavy atom. The van der Waals surface area contributed by atoms with E-state index < -0.39 is 91.2 Å². The lowest BCUT2D eigenvalue weighted by Crippen LogP contribution is -2.63. The minimum atomic E-state index is -1.96. The number of primary amides is 1. The Labute approximate surface area is 338 Å². The van der Waals surface area contributed by atoms with Crippen LogP contribution in [0.25, 0.3) is 11.1 Å². The van der Waals surface area contributed by atoms with Gasteiger partial charge >= 0.3 is 7.12 Å². The Balaban J connectivity index is 1.99. The highest BCUT2D eigenvalue weighted by molar-refractivity contribution is 6.43. The smallest absolute Gasteiger partial charge is 0.426 e. The molecule has 0 heterocycles. The summed E-state index contributed by atoms with van der Waals surface area (Å²) in [6.45, 7) is 4.84. The van der Waals surface area contributed by atoms with E-state index in [0.717, 1.165) is 30.4 Å². The number of unbranched alkanes of at least 4 members (excludes halogenated alkanes) is 2. The molecule has 15 N–H and O–H groups in total. The van der Waals surface area contributed by atoms with E-state index in [1.54, 1.807) is 12.1 Å². The molecule has 318 valence electrons. The van der Waals surface area contributed by atoms with E-state index in [1.165, 1.54) is 19.4 Å². The molecule has 0 radical (unpaired) electrons. The van der Waals surface area contributed by atoms with Crippen molar-refractivity contribution in [1.29, 1.82) is 0 Å². The molecule has 0 aliphatic rings. The number of carbonyl (C=O) groups excluding carboxylic acids is 7. The van der Waals surface area contributed by atoms with Crippen molar-refractivity contribution in [1.82, 2.24) is 31.9 Å². The number of nitrogens with one attached hydrogen (secondary N) is 6. The first kappa shape index (κ1) is 48.7. The predicted molar refractivity (Wildman–Crippen MR) is 216 cm³/mol. The number of rotatable bonds is 25. The van der Waals surface area contributed by atoms with E-state index in [-0.39, 0.29) is 19.4 Å². The molecule has 1 unspecified atom stereocenters. The van der Waals surface area contributed by atoms with Gasteiger partial charge in [0.1, 0.15) is 18.1 Å². The highest BCUT2D eigenvalue weighted by Gasteiger charge is 2.33. The normalized spacial score (nSPS) is 14.0. The highest BCUT2D eigenvalue weighted by atomic mass is 16.4. The van der Waals surface area contributed by atoms with Crippen LogP contribution in [-0.2, 0) is 35.2 Å². The maximum atomic E-state index is 13.4. The minimum Gasteiger partial charge on any atom is -0.426 e. The zero-order valence-electron chi connectivity index (χ0n) is 33.2. The molecule has 58 heavy (non-hydrogen) atoms. The summed E-state index contributed by atoms with van der Waals surface area (Å²) in [6.07, 6.45) is 0.0224. The van der Waals surface area contributed by atoms with Crippen LogP contribution in [0.1, 0.15) is 81.6 Å². The van der Waals surface area contributed by atoms with Crippen LogP contribution in [-0.4, -0.2) is 113 Å². The average molecular weight is 812 g/mol. The van der Waals surface area contributed by atoms with Crippen LogP contribution in [0.2, 0.25) is 0 Å². The minimum absolute atomic E-state index is 0.0498. The number of amides is 7. The average Bonchev–Trinajstić information content (AvgIpc) is 3.18. The number of benzene rings is 2. The largest absolute Gasteiger partial charge is 0.475 e. The maximum absolute atomic E-state index is 13.4. The van der Waals surface area contributed by atoms with E-state index in [1.807, 2.05) is 24.3 Å². The molecule has 0 fully saturated rings. The van der Waals surface area contributed by atoms with Gasteiger partial charge in [-0.2, -0.15) is 0 Å². The Kier molecular flexibility index (Phi) is 21.1. The van der Waals surface area contributed by atoms with Crippen molar-refractivity contribution in [2.75, 3.05) is 13.1 Å². The monoisotopic (exact) mass is 811 g/mol. The van der Waals surface area contributed by atoms with Crippen molar-refractivity contribution in [3.8, 4) is 11.1 Å². The van der Waals surface area contributed by atoms with Gasteiger partial charge < -0.3 is 64.3 Å². The molecule has 2 rings (SSSR count). The van der Waals surface area contributed by atoms with Crippen LogP contribution in [0.4, 0.5) is 0 Å². The van der Waals surface area contributed by atoms with Gasteiger partial charge in [0.25, 0.3) is 11.8 Å². The number of nitrogens with two attached hydrogens (primary N) is 3. The number of hydrogen-bond acceptors (Lipinski definition) is 12. The van der Waals surface area contributed by atoms with Crippen LogP contribution < -0.4 is 49.1 Å². The molecule has 0 spiro atoms. The first-order valence-electron chi connectivity index (χ1n) is 19.2. The van der Waals surface area contributed by atoms with Crippen molar-refractivity contribution in [3.63, 3.8) is 0 Å². The molecule has 7 amide bonds. The molecule has 0 bridgehead atoms. The molecule has 2 aromatic carbocycles. The lowest BCUT2D eigenvalue weighted by molar-refractivity contribution is -0.136. The fraction of sp³-hybridized carbons (Fsp3) is 0.500. The van der Waals surface area contributed by atoms with Crippen LogP contribution in [0.3, 0.4) is 0 Å². The Morgan fingerprint density at radius 3 is 1.90 bits per heavy atom. The van der Waals surface area contributed by atoms with Crippen LogP contribution in [0.5, 0.6) is 0 Å². The molecule has 0 aliphatic heterocycles. The third kappa shape index (κ3) is 17.0. The summed E-state index contributed by atoms with van der Waals surface area (Å²) in [7, 11) is -1.96. The summed E-state index contributed by atoms with van der Waals surface area (Å²) < 4.78 is 0. The fourth-order valence-electron chi connectivity index (χ4n) is 5.52. The Bertz CT molecular complexity index is 1680. The number of aryl methyl sites for hydroxylation is 1. The molecular formula is C38H58BN9O10. The summed E-state index contributed by atoms with van der Waals surface area (Å²) in [5, 5.41) is 42.9. The van der Waals surface area contributed by atoms with Crippen LogP contribution in [0, 0.1) is 0 Å². The summed E-state index contributed by atoms with van der Waals surface area (Å²) in [5.41, 5.74) is 20.2. The van der Waals surface area contributed by atoms with Crippen molar-refractivity contribution >= 4 is 48.5 Å². The summed E-state index contributed by atoms with van der Waals surface area (Å²) in [4.78, 5) is 89.0. The first-order valence-corrected chi connectivity index (χ1v) is 19.2. The third-order valence-electron chi connectivity index (χ3n) is 8.99. The number of aliphatic hydroxyl groups excluding tert-OH is 1. The zero-order chi connectivity index (χ0) is 43.4. The third-order valence-corrected chi connectivity index (χ3v) is 8.99. The second-order valence-electron chi connectivity index (χ2n) is 13.9. The Morgan fingerprint density at radius 2 is 1.34 bits per heavy atom. The van der Waals surface area contributed by atoms with Crippen LogP contribution in [0.15, 0.2) is 48.5 Å². The van der Waals surface area contributed by atoms with E-state index in [2.05, 4.69) is 51.0 Å². The molecule has 0 saturated heterocycles. The van der Waals surface area contributed by atoms with Gasteiger partial charge in [-0.15, -0.1) is 0 Å². The van der Waals surface area contributed by atoms with Gasteiger partial charge in [-0.1, -0.05) is 49.7 Å². The molecule has 0 aromatic heterocycles. The predicted octanol–water partition coefficient (Wildman–Crippen LogP) is -2.43. The molecule has 0 saturated carbocycles. The van der Waals surface area contributed by atoms with E-state index >= 15 is 0 Å². The van der Waals surface area contributed by atoms with Gasteiger partial charge in [0, 0.05) is 18.5 Å². The second-order valence-corrected chi connectivity index (χ2v) is 13.9. The van der Waals surface area contributed by atoms with Gasteiger partial charge in [0.05, 0.1) is 18.5 Å². The number of aliphatic hydroxyl groups is 1.